The van der Waals surface area contributed by atoms with Crippen molar-refractivity contribution in [3.8, 4) is 0 Å². The summed E-state index contributed by atoms with van der Waals surface area (Å²) in [4.78, 5) is 12.1. The van der Waals surface area contributed by atoms with E-state index < -0.39 is 40.4 Å². The smallest absolute Gasteiger partial charge is 0.347 e. The Balaban J connectivity index is 1.82. The molecule has 9 heteroatoms. The third kappa shape index (κ3) is 5.39. The molecule has 0 bridgehead atoms. The summed E-state index contributed by atoms with van der Waals surface area (Å²) in [7, 11) is -0.969. The SMILES string of the molecule is Cc1cc(C(/C=C/c2ccc(C(=O)NC3CS(=O)C3)c(F)c2)C(F)(F)F)cc(C)c1F. The van der Waals surface area contributed by atoms with E-state index in [9.17, 15) is 31.0 Å². The molecule has 1 saturated heterocycles. The number of nitrogens with one attached hydrogen (secondary N) is 1. The van der Waals surface area contributed by atoms with Gasteiger partial charge in [-0.05, 0) is 48.2 Å². The van der Waals surface area contributed by atoms with Gasteiger partial charge in [0.05, 0.1) is 17.5 Å². The Morgan fingerprint density at radius 2 is 1.74 bits per heavy atom. The molecule has 2 aromatic rings. The number of halogens is 5. The van der Waals surface area contributed by atoms with Crippen molar-refractivity contribution in [3.63, 3.8) is 0 Å². The zero-order valence-electron chi connectivity index (χ0n) is 16.7. The van der Waals surface area contributed by atoms with Crippen molar-refractivity contribution in [2.45, 2.75) is 32.0 Å². The van der Waals surface area contributed by atoms with Crippen LogP contribution in [0.5, 0.6) is 0 Å². The van der Waals surface area contributed by atoms with Gasteiger partial charge < -0.3 is 5.32 Å². The summed E-state index contributed by atoms with van der Waals surface area (Å²) in [6, 6.07) is 5.51. The molecule has 0 spiro atoms. The number of hydrogen-bond acceptors (Lipinski definition) is 2. The van der Waals surface area contributed by atoms with E-state index >= 15 is 0 Å². The molecule has 1 aliphatic heterocycles. The Hall–Kier alpha value is -2.55. The van der Waals surface area contributed by atoms with Crippen LogP contribution in [0.15, 0.2) is 36.4 Å². The third-order valence-corrected chi connectivity index (χ3v) is 6.55. The number of carbonyl (C=O) groups is 1. The van der Waals surface area contributed by atoms with Crippen LogP contribution in [0.4, 0.5) is 22.0 Å². The van der Waals surface area contributed by atoms with Gasteiger partial charge in [0.25, 0.3) is 5.91 Å². The highest BCUT2D eigenvalue weighted by molar-refractivity contribution is 7.86. The zero-order valence-corrected chi connectivity index (χ0v) is 17.5. The summed E-state index contributed by atoms with van der Waals surface area (Å²) in [5.74, 6) is -3.48. The van der Waals surface area contributed by atoms with Crippen molar-refractivity contribution in [1.82, 2.24) is 5.32 Å². The average Bonchev–Trinajstić information content (AvgIpc) is 2.63. The molecule has 1 aliphatic rings. The Morgan fingerprint density at radius 3 is 2.26 bits per heavy atom. The Labute approximate surface area is 178 Å². The first-order valence-electron chi connectivity index (χ1n) is 9.42. The molecule has 166 valence electrons. The van der Waals surface area contributed by atoms with Crippen molar-refractivity contribution in [2.75, 3.05) is 11.5 Å². The van der Waals surface area contributed by atoms with Crippen molar-refractivity contribution < 1.29 is 31.0 Å². The standard InChI is InChI=1S/C22H20F5NO2S/c1-12-7-15(8-13(2)20(12)24)18(22(25,26)27)6-4-14-3-5-17(19(23)9-14)21(29)28-16-10-31(30)11-16/h3-9,16,18H,10-11H2,1-2H3,(H,28,29)/b6-4+. The van der Waals surface area contributed by atoms with E-state index in [1.165, 1.54) is 26.0 Å². The summed E-state index contributed by atoms with van der Waals surface area (Å²) < 4.78 is 80.1. The lowest BCUT2D eigenvalue weighted by Crippen LogP contribution is -2.50. The number of allylic oxidation sites excluding steroid dienone is 1. The van der Waals surface area contributed by atoms with E-state index in [1.54, 1.807) is 0 Å². The topological polar surface area (TPSA) is 46.2 Å². The van der Waals surface area contributed by atoms with E-state index in [0.29, 0.717) is 11.5 Å². The summed E-state index contributed by atoms with van der Waals surface area (Å²) in [6.45, 7) is 2.78. The largest absolute Gasteiger partial charge is 0.399 e. The van der Waals surface area contributed by atoms with E-state index in [-0.39, 0.29) is 33.9 Å². The van der Waals surface area contributed by atoms with E-state index in [4.69, 9.17) is 0 Å². The fraction of sp³-hybridized carbons (Fsp3) is 0.318. The van der Waals surface area contributed by atoms with Crippen LogP contribution in [0.3, 0.4) is 0 Å². The van der Waals surface area contributed by atoms with Crippen LogP contribution >= 0.6 is 0 Å². The number of aryl methyl sites for hydroxylation is 2. The number of alkyl halides is 3. The molecule has 1 atom stereocenters. The third-order valence-electron chi connectivity index (χ3n) is 5.00. The van der Waals surface area contributed by atoms with Crippen LogP contribution in [0.25, 0.3) is 6.08 Å². The predicted molar refractivity (Wildman–Crippen MR) is 109 cm³/mol. The highest BCUT2D eigenvalue weighted by atomic mass is 32.2. The van der Waals surface area contributed by atoms with Gasteiger partial charge in [0.2, 0.25) is 0 Å². The van der Waals surface area contributed by atoms with Gasteiger partial charge in [-0.1, -0.05) is 30.4 Å². The van der Waals surface area contributed by atoms with Crippen LogP contribution in [0.2, 0.25) is 0 Å². The molecule has 3 rings (SSSR count). The molecule has 1 N–H and O–H groups in total. The number of hydrogen-bond donors (Lipinski definition) is 1. The first-order chi connectivity index (χ1) is 14.5. The summed E-state index contributed by atoms with van der Waals surface area (Å²) in [5, 5.41) is 2.56. The molecule has 3 nitrogen and oxygen atoms in total. The maximum atomic E-state index is 14.4. The van der Waals surface area contributed by atoms with Crippen molar-refractivity contribution >= 4 is 22.8 Å². The number of rotatable bonds is 5. The van der Waals surface area contributed by atoms with Gasteiger partial charge in [-0.25, -0.2) is 8.78 Å². The first-order valence-corrected chi connectivity index (χ1v) is 10.9. The second kappa shape index (κ2) is 8.90. The molecule has 1 heterocycles. The van der Waals surface area contributed by atoms with Crippen LogP contribution in [0.1, 0.15) is 38.5 Å². The molecular formula is C22H20F5NO2S. The maximum absolute atomic E-state index is 14.4. The quantitative estimate of drug-likeness (QED) is 0.656. The fourth-order valence-electron chi connectivity index (χ4n) is 3.34. The molecule has 1 unspecified atom stereocenters. The second-order valence-electron chi connectivity index (χ2n) is 7.53. The van der Waals surface area contributed by atoms with Gasteiger partial charge >= 0.3 is 6.18 Å². The minimum Gasteiger partial charge on any atom is -0.347 e. The van der Waals surface area contributed by atoms with Crippen LogP contribution in [-0.2, 0) is 10.8 Å². The number of amides is 1. The summed E-state index contributed by atoms with van der Waals surface area (Å²) in [5.41, 5.74) is -0.00573. The highest BCUT2D eigenvalue weighted by Gasteiger charge is 2.39. The first kappa shape index (κ1) is 23.1. The lowest BCUT2D eigenvalue weighted by Gasteiger charge is -2.25. The van der Waals surface area contributed by atoms with E-state index in [0.717, 1.165) is 30.4 Å². The molecule has 1 fully saturated rings. The Kier molecular flexibility index (Phi) is 6.64. The lowest BCUT2D eigenvalue weighted by molar-refractivity contribution is -0.139. The fourth-order valence-corrected chi connectivity index (χ4v) is 4.31. The monoisotopic (exact) mass is 457 g/mol. The van der Waals surface area contributed by atoms with Crippen LogP contribution in [-0.4, -0.2) is 33.8 Å². The molecule has 1 amide bonds. The minimum absolute atomic E-state index is 0.106. The van der Waals surface area contributed by atoms with Gasteiger partial charge in [-0.2, -0.15) is 13.2 Å². The summed E-state index contributed by atoms with van der Waals surface area (Å²) in [6.07, 6.45) is -2.63. The van der Waals surface area contributed by atoms with Crippen molar-refractivity contribution in [1.29, 1.82) is 0 Å². The molecule has 0 saturated carbocycles. The van der Waals surface area contributed by atoms with Gasteiger partial charge in [0.15, 0.2) is 0 Å². The van der Waals surface area contributed by atoms with Gasteiger partial charge in [0, 0.05) is 22.3 Å². The van der Waals surface area contributed by atoms with Gasteiger partial charge in [-0.15, -0.1) is 0 Å². The number of benzene rings is 2. The zero-order chi connectivity index (χ0) is 22.9. The summed E-state index contributed by atoms with van der Waals surface area (Å²) >= 11 is 0. The minimum atomic E-state index is -4.63. The van der Waals surface area contributed by atoms with E-state index in [2.05, 4.69) is 5.32 Å². The van der Waals surface area contributed by atoms with Gasteiger partial charge in [0.1, 0.15) is 11.6 Å². The predicted octanol–water partition coefficient (Wildman–Crippen LogP) is 4.80. The lowest BCUT2D eigenvalue weighted by atomic mass is 9.93. The van der Waals surface area contributed by atoms with Gasteiger partial charge in [-0.3, -0.25) is 9.00 Å². The molecule has 0 radical (unpaired) electrons. The van der Waals surface area contributed by atoms with Crippen LogP contribution < -0.4 is 5.32 Å². The Bertz CT molecular complexity index is 1030. The maximum Gasteiger partial charge on any atom is 0.399 e. The molecule has 0 aromatic heterocycles. The number of carbonyl (C=O) groups excluding carboxylic acids is 1. The van der Waals surface area contributed by atoms with Crippen molar-refractivity contribution in [2.24, 2.45) is 0 Å². The van der Waals surface area contributed by atoms with Crippen molar-refractivity contribution in [3.05, 3.63) is 75.9 Å². The second-order valence-corrected chi connectivity index (χ2v) is 9.08. The molecule has 0 aliphatic carbocycles. The Morgan fingerprint density at radius 1 is 1.13 bits per heavy atom. The van der Waals surface area contributed by atoms with E-state index in [1.807, 2.05) is 0 Å². The highest BCUT2D eigenvalue weighted by Crippen LogP contribution is 2.37. The van der Waals surface area contributed by atoms with Crippen LogP contribution in [0, 0.1) is 25.5 Å². The molecular weight excluding hydrogens is 437 g/mol. The molecule has 31 heavy (non-hydrogen) atoms. The molecule has 2 aromatic carbocycles. The average molecular weight is 457 g/mol. The normalized spacial score (nSPS) is 19.8.